The lowest BCUT2D eigenvalue weighted by atomic mass is 10.1. The molecule has 168 valence electrons. The number of carbonyl (C=O) groups excluding carboxylic acids is 1. The molecule has 1 amide bonds. The maximum Gasteiger partial charge on any atom is 0.264 e. The summed E-state index contributed by atoms with van der Waals surface area (Å²) < 4.78 is 28.1. The second-order valence-corrected chi connectivity index (χ2v) is 9.91. The minimum atomic E-state index is -3.92. The van der Waals surface area contributed by atoms with E-state index in [1.807, 2.05) is 51.1 Å². The largest absolute Gasteiger partial charge is 0.348 e. The van der Waals surface area contributed by atoms with Crippen LogP contribution in [0.3, 0.4) is 0 Å². The normalized spacial score (nSPS) is 12.2. The molecule has 0 heterocycles. The van der Waals surface area contributed by atoms with Crippen LogP contribution in [0, 0.1) is 13.8 Å². The van der Waals surface area contributed by atoms with E-state index in [4.69, 9.17) is 0 Å². The minimum absolute atomic E-state index is 0.153. The van der Waals surface area contributed by atoms with Crippen LogP contribution < -0.4 is 9.62 Å². The van der Waals surface area contributed by atoms with Gasteiger partial charge in [0.05, 0.1) is 16.6 Å². The van der Waals surface area contributed by atoms with Crippen molar-refractivity contribution < 1.29 is 13.2 Å². The van der Waals surface area contributed by atoms with Crippen molar-refractivity contribution in [3.05, 3.63) is 95.1 Å². The van der Waals surface area contributed by atoms with Gasteiger partial charge in [0, 0.05) is 0 Å². The Morgan fingerprint density at radius 3 is 2.19 bits per heavy atom. The summed E-state index contributed by atoms with van der Waals surface area (Å²) in [4.78, 5) is 13.1. The lowest BCUT2D eigenvalue weighted by Crippen LogP contribution is -2.41. The number of rotatable bonds is 8. The Bertz CT molecular complexity index is 1170. The van der Waals surface area contributed by atoms with E-state index < -0.39 is 10.0 Å². The molecule has 0 saturated carbocycles. The molecule has 3 rings (SSSR count). The molecule has 6 heteroatoms. The predicted molar refractivity (Wildman–Crippen MR) is 129 cm³/mol. The number of benzene rings is 3. The summed E-state index contributed by atoms with van der Waals surface area (Å²) in [7, 11) is -3.92. The average molecular weight is 451 g/mol. The summed E-state index contributed by atoms with van der Waals surface area (Å²) in [6.45, 7) is 7.47. The molecule has 0 spiro atoms. The van der Waals surface area contributed by atoms with Crippen LogP contribution in [-0.4, -0.2) is 20.9 Å². The number of amides is 1. The van der Waals surface area contributed by atoms with Crippen molar-refractivity contribution in [1.82, 2.24) is 5.32 Å². The quantitative estimate of drug-likeness (QED) is 0.529. The predicted octanol–water partition coefficient (Wildman–Crippen LogP) is 4.94. The maximum atomic E-state index is 13.5. The first kappa shape index (κ1) is 23.5. The first-order valence-corrected chi connectivity index (χ1v) is 12.2. The average Bonchev–Trinajstić information content (AvgIpc) is 2.77. The first-order valence-electron chi connectivity index (χ1n) is 10.7. The zero-order chi connectivity index (χ0) is 23.3. The molecule has 5 nitrogen and oxygen atoms in total. The fourth-order valence-corrected chi connectivity index (χ4v) is 4.89. The van der Waals surface area contributed by atoms with Crippen molar-refractivity contribution in [3.63, 3.8) is 0 Å². The van der Waals surface area contributed by atoms with Gasteiger partial charge in [0.15, 0.2) is 0 Å². The number of anilines is 1. The monoisotopic (exact) mass is 450 g/mol. The van der Waals surface area contributed by atoms with E-state index in [-0.39, 0.29) is 23.4 Å². The van der Waals surface area contributed by atoms with Crippen molar-refractivity contribution in [2.45, 2.75) is 45.1 Å². The third-order valence-electron chi connectivity index (χ3n) is 5.45. The van der Waals surface area contributed by atoms with Crippen molar-refractivity contribution in [2.75, 3.05) is 10.8 Å². The summed E-state index contributed by atoms with van der Waals surface area (Å²) in [5, 5.41) is 2.94. The standard InChI is InChI=1S/C26H30N2O3S/c1-5-22-11-13-23(14-12-22)21(4)27-26(29)18-28(24-8-6-7-20(3)17-24)32(30,31)25-15-9-19(2)10-16-25/h6-17,21H,5,18H2,1-4H3,(H,27,29)/t21-/m1/s1. The second-order valence-electron chi connectivity index (χ2n) is 8.05. The van der Waals surface area contributed by atoms with Crippen LogP contribution in [0.4, 0.5) is 5.69 Å². The summed E-state index contributed by atoms with van der Waals surface area (Å²) in [6.07, 6.45) is 0.948. The lowest BCUT2D eigenvalue weighted by Gasteiger charge is -2.25. The van der Waals surface area contributed by atoms with Crippen LogP contribution in [-0.2, 0) is 21.2 Å². The van der Waals surface area contributed by atoms with Crippen molar-refractivity contribution in [3.8, 4) is 0 Å². The third-order valence-corrected chi connectivity index (χ3v) is 7.24. The Kier molecular flexibility index (Phi) is 7.36. The molecule has 0 radical (unpaired) electrons. The highest BCUT2D eigenvalue weighted by atomic mass is 32.2. The number of aryl methyl sites for hydroxylation is 3. The van der Waals surface area contributed by atoms with Crippen molar-refractivity contribution >= 4 is 21.6 Å². The van der Waals surface area contributed by atoms with Gasteiger partial charge in [-0.2, -0.15) is 0 Å². The molecule has 0 aromatic heterocycles. The Morgan fingerprint density at radius 2 is 1.59 bits per heavy atom. The van der Waals surface area contributed by atoms with Gasteiger partial charge in [-0.25, -0.2) is 8.42 Å². The van der Waals surface area contributed by atoms with E-state index in [1.165, 1.54) is 9.87 Å². The van der Waals surface area contributed by atoms with E-state index in [0.29, 0.717) is 5.69 Å². The number of carbonyl (C=O) groups is 1. The molecule has 1 N–H and O–H groups in total. The highest BCUT2D eigenvalue weighted by molar-refractivity contribution is 7.92. The maximum absolute atomic E-state index is 13.5. The van der Waals surface area contributed by atoms with Gasteiger partial charge in [-0.3, -0.25) is 9.10 Å². The van der Waals surface area contributed by atoms with Crippen LogP contribution in [0.5, 0.6) is 0 Å². The van der Waals surface area contributed by atoms with E-state index in [9.17, 15) is 13.2 Å². The lowest BCUT2D eigenvalue weighted by molar-refractivity contribution is -0.120. The van der Waals surface area contributed by atoms with Gasteiger partial charge in [0.2, 0.25) is 5.91 Å². The summed E-state index contributed by atoms with van der Waals surface area (Å²) >= 11 is 0. The van der Waals surface area contributed by atoms with Crippen LogP contribution in [0.15, 0.2) is 77.7 Å². The van der Waals surface area contributed by atoms with Crippen LogP contribution >= 0.6 is 0 Å². The Labute approximate surface area is 191 Å². The molecule has 3 aromatic rings. The number of hydrogen-bond acceptors (Lipinski definition) is 3. The Balaban J connectivity index is 1.86. The van der Waals surface area contributed by atoms with Gasteiger partial charge < -0.3 is 5.32 Å². The molecule has 0 fully saturated rings. The van der Waals surface area contributed by atoms with E-state index in [1.54, 1.807) is 42.5 Å². The number of nitrogens with one attached hydrogen (secondary N) is 1. The van der Waals surface area contributed by atoms with Crippen LogP contribution in [0.2, 0.25) is 0 Å². The zero-order valence-corrected chi connectivity index (χ0v) is 19.8. The van der Waals surface area contributed by atoms with E-state index in [0.717, 1.165) is 23.1 Å². The van der Waals surface area contributed by atoms with Gasteiger partial charge >= 0.3 is 0 Å². The zero-order valence-electron chi connectivity index (χ0n) is 19.0. The van der Waals surface area contributed by atoms with Gasteiger partial charge in [-0.15, -0.1) is 0 Å². The molecule has 0 bridgehead atoms. The number of sulfonamides is 1. The highest BCUT2D eigenvalue weighted by Crippen LogP contribution is 2.25. The summed E-state index contributed by atoms with van der Waals surface area (Å²) in [6, 6.07) is 21.6. The number of nitrogens with zero attached hydrogens (tertiary/aromatic N) is 1. The highest BCUT2D eigenvalue weighted by Gasteiger charge is 2.27. The SMILES string of the molecule is CCc1ccc([C@@H](C)NC(=O)CN(c2cccc(C)c2)S(=O)(=O)c2ccc(C)cc2)cc1. The molecule has 0 aliphatic carbocycles. The van der Waals surface area contributed by atoms with Gasteiger partial charge in [0.1, 0.15) is 6.54 Å². The van der Waals surface area contributed by atoms with Crippen LogP contribution in [0.25, 0.3) is 0 Å². The molecule has 1 atom stereocenters. The summed E-state index contributed by atoms with van der Waals surface area (Å²) in [5.74, 6) is -0.366. The molecule has 0 aliphatic rings. The first-order chi connectivity index (χ1) is 15.2. The Hall–Kier alpha value is -3.12. The van der Waals surface area contributed by atoms with Crippen molar-refractivity contribution in [2.24, 2.45) is 0 Å². The second kappa shape index (κ2) is 10.0. The van der Waals surface area contributed by atoms with E-state index in [2.05, 4.69) is 12.2 Å². The summed E-state index contributed by atoms with van der Waals surface area (Å²) in [5.41, 5.74) is 4.53. The topological polar surface area (TPSA) is 66.5 Å². The molecule has 0 unspecified atom stereocenters. The van der Waals surface area contributed by atoms with Crippen LogP contribution in [0.1, 0.15) is 42.1 Å². The molecule has 0 aliphatic heterocycles. The molecular formula is C26H30N2O3S. The molecule has 0 saturated heterocycles. The van der Waals surface area contributed by atoms with Crippen molar-refractivity contribution in [1.29, 1.82) is 0 Å². The van der Waals surface area contributed by atoms with Gasteiger partial charge in [-0.1, -0.05) is 61.0 Å². The third kappa shape index (κ3) is 5.56. The smallest absolute Gasteiger partial charge is 0.264 e. The molecule has 3 aromatic carbocycles. The molecule has 32 heavy (non-hydrogen) atoms. The van der Waals surface area contributed by atoms with Gasteiger partial charge in [-0.05, 0) is 68.1 Å². The Morgan fingerprint density at radius 1 is 0.938 bits per heavy atom. The number of hydrogen-bond donors (Lipinski definition) is 1. The molecular weight excluding hydrogens is 420 g/mol. The minimum Gasteiger partial charge on any atom is -0.348 e. The van der Waals surface area contributed by atoms with Gasteiger partial charge in [0.25, 0.3) is 10.0 Å². The fraction of sp³-hybridized carbons (Fsp3) is 0.269. The van der Waals surface area contributed by atoms with E-state index >= 15 is 0 Å². The fourth-order valence-electron chi connectivity index (χ4n) is 3.48.